The van der Waals surface area contributed by atoms with Crippen molar-refractivity contribution in [3.05, 3.63) is 102 Å². The number of amides is 1. The van der Waals surface area contributed by atoms with E-state index in [4.69, 9.17) is 16.3 Å². The van der Waals surface area contributed by atoms with Crippen LogP contribution in [-0.4, -0.2) is 17.5 Å². The molecule has 6 N–H and O–H groups in total. The van der Waals surface area contributed by atoms with Gasteiger partial charge in [-0.1, -0.05) is 56.3 Å². The van der Waals surface area contributed by atoms with Crippen LogP contribution in [0.2, 0.25) is 0 Å². The van der Waals surface area contributed by atoms with Crippen molar-refractivity contribution in [3.63, 3.8) is 0 Å². The minimum absolute atomic E-state index is 0.212. The number of carbonyl (C=O) groups excluding carboxylic acids is 1. The fourth-order valence-corrected chi connectivity index (χ4v) is 3.37. The number of aromatic nitrogens is 1. The van der Waals surface area contributed by atoms with Crippen LogP contribution in [0.1, 0.15) is 29.8 Å². The number of hydrazine groups is 1. The van der Waals surface area contributed by atoms with Crippen LogP contribution in [0, 0.1) is 0 Å². The van der Waals surface area contributed by atoms with E-state index in [1.807, 2.05) is 68.4 Å². The number of nitrogens with one attached hydrogen (secondary N) is 2. The quantitative estimate of drug-likeness (QED) is 0.200. The minimum atomic E-state index is -0.212. The third-order valence-electron chi connectivity index (χ3n) is 5.13. The zero-order valence-corrected chi connectivity index (χ0v) is 20.0. The molecule has 0 atom stereocenters. The third kappa shape index (κ3) is 7.06. The summed E-state index contributed by atoms with van der Waals surface area (Å²) >= 11 is 0. The lowest BCUT2D eigenvalue weighted by atomic mass is 10.0. The molecule has 0 unspecified atom stereocenters. The normalized spacial score (nSPS) is 10.0. The zero-order chi connectivity index (χ0) is 25.0. The first kappa shape index (κ1) is 25.3. The van der Waals surface area contributed by atoms with Crippen LogP contribution in [0.25, 0.3) is 11.1 Å². The Morgan fingerprint density at radius 2 is 1.66 bits per heavy atom. The number of pyridine rings is 1. The number of carbonyl (C=O) groups is 1. The topological polar surface area (TPSA) is 115 Å². The molecule has 7 heteroatoms. The van der Waals surface area contributed by atoms with Crippen molar-refractivity contribution in [3.8, 4) is 16.9 Å². The molecule has 4 rings (SSSR count). The summed E-state index contributed by atoms with van der Waals surface area (Å²) in [6.07, 6.45) is 2.49. The van der Waals surface area contributed by atoms with Gasteiger partial charge >= 0.3 is 0 Å². The van der Waals surface area contributed by atoms with Crippen molar-refractivity contribution >= 4 is 23.1 Å². The average Bonchev–Trinajstić information content (AvgIpc) is 2.91. The lowest BCUT2D eigenvalue weighted by Crippen LogP contribution is -2.12. The van der Waals surface area contributed by atoms with Gasteiger partial charge in [-0.3, -0.25) is 4.79 Å². The Hall–Kier alpha value is -4.36. The fourth-order valence-electron chi connectivity index (χ4n) is 3.37. The molecular formula is C28H31N5O2. The Bertz CT molecular complexity index is 1230. The van der Waals surface area contributed by atoms with Crippen LogP contribution < -0.4 is 27.1 Å². The van der Waals surface area contributed by atoms with Gasteiger partial charge in [0.25, 0.3) is 5.91 Å². The van der Waals surface area contributed by atoms with Crippen molar-refractivity contribution in [1.29, 1.82) is 0 Å². The molecule has 0 aliphatic heterocycles. The fraction of sp³-hybridized carbons (Fsp3) is 0.143. The van der Waals surface area contributed by atoms with Gasteiger partial charge < -0.3 is 21.2 Å². The molecular weight excluding hydrogens is 438 g/mol. The monoisotopic (exact) mass is 469 g/mol. The van der Waals surface area contributed by atoms with E-state index in [2.05, 4.69) is 27.9 Å². The van der Waals surface area contributed by atoms with Gasteiger partial charge in [0.15, 0.2) is 5.82 Å². The zero-order valence-electron chi connectivity index (χ0n) is 20.0. The lowest BCUT2D eigenvalue weighted by molar-refractivity contribution is 0.102. The summed E-state index contributed by atoms with van der Waals surface area (Å²) in [4.78, 5) is 17.0. The summed E-state index contributed by atoms with van der Waals surface area (Å²) in [5.74, 6) is 6.33. The standard InChI is InChI=1S/C26H25N5O2.C2H6/c27-24-16-21(17-29-25(24)31-28)19-7-4-8-20(15-19)26(32)30-22-9-11-23(12-10-22)33-14-13-18-5-2-1-3-6-18;1-2/h1-12,15-17H,13-14,27-28H2,(H,29,31)(H,30,32);1-2H3. The maximum absolute atomic E-state index is 12.8. The number of nitrogens with two attached hydrogens (primary N) is 2. The van der Waals surface area contributed by atoms with Crippen molar-refractivity contribution in [1.82, 2.24) is 4.98 Å². The van der Waals surface area contributed by atoms with Crippen LogP contribution in [0.4, 0.5) is 17.2 Å². The first-order valence-electron chi connectivity index (χ1n) is 11.5. The van der Waals surface area contributed by atoms with Gasteiger partial charge in [-0.15, -0.1) is 0 Å². The van der Waals surface area contributed by atoms with Gasteiger partial charge in [0, 0.05) is 29.4 Å². The number of rotatable bonds is 8. The van der Waals surface area contributed by atoms with Crippen molar-refractivity contribution in [2.45, 2.75) is 20.3 Å². The van der Waals surface area contributed by atoms with E-state index in [9.17, 15) is 4.79 Å². The molecule has 0 aliphatic rings. The Balaban J connectivity index is 0.00000167. The first-order chi connectivity index (χ1) is 17.1. The number of anilines is 3. The van der Waals surface area contributed by atoms with Crippen LogP contribution in [0.15, 0.2) is 91.1 Å². The summed E-state index contributed by atoms with van der Waals surface area (Å²) in [6.45, 7) is 4.59. The van der Waals surface area contributed by atoms with Crippen molar-refractivity contribution in [2.24, 2.45) is 5.84 Å². The maximum atomic E-state index is 12.8. The van der Waals surface area contributed by atoms with E-state index in [0.29, 0.717) is 29.4 Å². The summed E-state index contributed by atoms with van der Waals surface area (Å²) in [5.41, 5.74) is 12.9. The van der Waals surface area contributed by atoms with E-state index < -0.39 is 0 Å². The van der Waals surface area contributed by atoms with Gasteiger partial charge in [0.1, 0.15) is 5.75 Å². The van der Waals surface area contributed by atoms with Crippen LogP contribution in [0.3, 0.4) is 0 Å². The highest BCUT2D eigenvalue weighted by Crippen LogP contribution is 2.25. The van der Waals surface area contributed by atoms with Gasteiger partial charge in [0.05, 0.1) is 12.3 Å². The van der Waals surface area contributed by atoms with Gasteiger partial charge in [-0.05, 0) is 53.6 Å². The van der Waals surface area contributed by atoms with Crippen LogP contribution in [-0.2, 0) is 6.42 Å². The van der Waals surface area contributed by atoms with Gasteiger partial charge in [-0.2, -0.15) is 0 Å². The smallest absolute Gasteiger partial charge is 0.255 e. The third-order valence-corrected chi connectivity index (χ3v) is 5.13. The molecule has 0 saturated heterocycles. The van der Waals surface area contributed by atoms with E-state index in [1.54, 1.807) is 24.4 Å². The highest BCUT2D eigenvalue weighted by Gasteiger charge is 2.09. The molecule has 1 heterocycles. The second kappa shape index (κ2) is 12.8. The molecule has 35 heavy (non-hydrogen) atoms. The summed E-state index contributed by atoms with van der Waals surface area (Å²) in [5, 5.41) is 2.91. The molecule has 180 valence electrons. The molecule has 0 radical (unpaired) electrons. The number of benzene rings is 3. The van der Waals surface area contributed by atoms with Crippen LogP contribution in [0.5, 0.6) is 5.75 Å². The number of hydrogen-bond acceptors (Lipinski definition) is 6. The molecule has 1 amide bonds. The van der Waals surface area contributed by atoms with Gasteiger partial charge in [0.2, 0.25) is 0 Å². The first-order valence-corrected chi connectivity index (χ1v) is 11.5. The van der Waals surface area contributed by atoms with E-state index in [-0.39, 0.29) is 5.91 Å². The van der Waals surface area contributed by atoms with E-state index in [0.717, 1.165) is 23.3 Å². The number of ether oxygens (including phenoxy) is 1. The molecule has 4 aromatic rings. The molecule has 3 aromatic carbocycles. The van der Waals surface area contributed by atoms with E-state index in [1.165, 1.54) is 5.56 Å². The summed E-state index contributed by atoms with van der Waals surface area (Å²) < 4.78 is 5.80. The lowest BCUT2D eigenvalue weighted by Gasteiger charge is -2.10. The molecule has 7 nitrogen and oxygen atoms in total. The predicted molar refractivity (Wildman–Crippen MR) is 143 cm³/mol. The highest BCUT2D eigenvalue weighted by atomic mass is 16.5. The molecule has 0 aliphatic carbocycles. The number of hydrogen-bond donors (Lipinski definition) is 4. The highest BCUT2D eigenvalue weighted by molar-refractivity contribution is 6.05. The Kier molecular flexibility index (Phi) is 9.22. The number of nitrogen functional groups attached to an aromatic ring is 2. The van der Waals surface area contributed by atoms with Crippen molar-refractivity contribution < 1.29 is 9.53 Å². The second-order valence-electron chi connectivity index (χ2n) is 7.45. The average molecular weight is 470 g/mol. The largest absolute Gasteiger partial charge is 0.493 e. The number of nitrogens with zero attached hydrogens (tertiary/aromatic N) is 1. The van der Waals surface area contributed by atoms with Crippen molar-refractivity contribution in [2.75, 3.05) is 23.1 Å². The summed E-state index contributed by atoms with van der Waals surface area (Å²) in [6, 6.07) is 26.5. The molecule has 1 aromatic heterocycles. The Labute approximate surface area is 206 Å². The van der Waals surface area contributed by atoms with Crippen LogP contribution >= 0.6 is 0 Å². The SMILES string of the molecule is CC.NNc1ncc(-c2cccc(C(=O)Nc3ccc(OCCc4ccccc4)cc3)c2)cc1N. The van der Waals surface area contributed by atoms with E-state index >= 15 is 0 Å². The maximum Gasteiger partial charge on any atom is 0.255 e. The summed E-state index contributed by atoms with van der Waals surface area (Å²) in [7, 11) is 0. The minimum Gasteiger partial charge on any atom is -0.493 e. The van der Waals surface area contributed by atoms with Gasteiger partial charge in [-0.25, -0.2) is 10.8 Å². The molecule has 0 spiro atoms. The molecule has 0 bridgehead atoms. The Morgan fingerprint density at radius 1 is 0.914 bits per heavy atom. The predicted octanol–water partition coefficient (Wildman–Crippen LogP) is 5.52. The molecule has 0 fully saturated rings. The Morgan fingerprint density at radius 3 is 2.34 bits per heavy atom. The molecule has 0 saturated carbocycles. The second-order valence-corrected chi connectivity index (χ2v) is 7.45.